The summed E-state index contributed by atoms with van der Waals surface area (Å²) in [6.45, 7) is 4.40. The molecule has 0 radical (unpaired) electrons. The Labute approximate surface area is 149 Å². The molecule has 0 spiro atoms. The molecule has 24 heavy (non-hydrogen) atoms. The monoisotopic (exact) mass is 338 g/mol. The van der Waals surface area contributed by atoms with Gasteiger partial charge in [-0.3, -0.25) is 4.79 Å². The van der Waals surface area contributed by atoms with Gasteiger partial charge in [0.15, 0.2) is 5.78 Å². The van der Waals surface area contributed by atoms with Crippen LogP contribution in [0.2, 0.25) is 0 Å². The van der Waals surface area contributed by atoms with Crippen molar-refractivity contribution in [1.82, 2.24) is 0 Å². The number of rotatable bonds is 5. The highest BCUT2D eigenvalue weighted by Gasteiger charge is 2.43. The molecule has 0 N–H and O–H groups in total. The van der Waals surface area contributed by atoms with Gasteiger partial charge in [-0.15, -0.1) is 11.8 Å². The zero-order chi connectivity index (χ0) is 17.0. The van der Waals surface area contributed by atoms with Crippen LogP contribution in [0, 0.1) is 5.41 Å². The van der Waals surface area contributed by atoms with Crippen molar-refractivity contribution in [1.29, 1.82) is 0 Å². The Kier molecular flexibility index (Phi) is 5.45. The number of carbonyl (C=O) groups excluding carboxylic acids is 1. The average molecular weight is 339 g/mol. The van der Waals surface area contributed by atoms with Crippen molar-refractivity contribution in [3.63, 3.8) is 0 Å². The van der Waals surface area contributed by atoms with Gasteiger partial charge in [0.2, 0.25) is 0 Å². The van der Waals surface area contributed by atoms with E-state index in [9.17, 15) is 4.79 Å². The van der Waals surface area contributed by atoms with Gasteiger partial charge in [0.1, 0.15) is 0 Å². The maximum absolute atomic E-state index is 13.8. The largest absolute Gasteiger partial charge is 0.298 e. The van der Waals surface area contributed by atoms with E-state index >= 15 is 0 Å². The molecule has 2 aromatic rings. The normalized spacial score (nSPS) is 23.6. The van der Waals surface area contributed by atoms with E-state index < -0.39 is 0 Å². The van der Waals surface area contributed by atoms with E-state index in [1.165, 1.54) is 10.5 Å². The first-order chi connectivity index (χ1) is 11.7. The lowest BCUT2D eigenvalue weighted by atomic mass is 9.70. The zero-order valence-corrected chi connectivity index (χ0v) is 15.4. The van der Waals surface area contributed by atoms with Crippen LogP contribution >= 0.6 is 11.8 Å². The molecule has 1 aliphatic heterocycles. The third-order valence-corrected chi connectivity index (χ3v) is 6.72. The molecule has 0 aliphatic carbocycles. The van der Waals surface area contributed by atoms with Gasteiger partial charge in [-0.25, -0.2) is 0 Å². The highest BCUT2D eigenvalue weighted by molar-refractivity contribution is 7.99. The van der Waals surface area contributed by atoms with Gasteiger partial charge < -0.3 is 0 Å². The highest BCUT2D eigenvalue weighted by Crippen LogP contribution is 2.47. The minimum atomic E-state index is -0.208. The van der Waals surface area contributed by atoms with Crippen LogP contribution in [0.1, 0.15) is 56.6 Å². The topological polar surface area (TPSA) is 17.1 Å². The van der Waals surface area contributed by atoms with Gasteiger partial charge >= 0.3 is 0 Å². The Morgan fingerprint density at radius 1 is 1.04 bits per heavy atom. The summed E-state index contributed by atoms with van der Waals surface area (Å²) in [5.41, 5.74) is 2.11. The number of carbonyl (C=O) groups is 1. The van der Waals surface area contributed by atoms with Crippen LogP contribution in [0.3, 0.4) is 0 Å². The molecule has 0 aromatic heterocycles. The predicted molar refractivity (Wildman–Crippen MR) is 103 cm³/mol. The standard InChI is InChI=1S/C22H26OS/c1-3-5-15-22(4-2)16-24-19-14-10-9-13-18(19)20(21(22)23)17-11-7-6-8-12-17/h6-14,20H,3-5,15-16H2,1-2H3/t20?,22-/m1/s1. The number of Topliss-reactive ketones (excluding diaryl/α,β-unsaturated/α-hetero) is 1. The van der Waals surface area contributed by atoms with Crippen LogP contribution in [0.15, 0.2) is 59.5 Å². The molecule has 1 heterocycles. The highest BCUT2D eigenvalue weighted by atomic mass is 32.2. The van der Waals surface area contributed by atoms with E-state index in [-0.39, 0.29) is 11.3 Å². The van der Waals surface area contributed by atoms with Crippen LogP contribution in [0.5, 0.6) is 0 Å². The first-order valence-electron chi connectivity index (χ1n) is 9.03. The summed E-state index contributed by atoms with van der Waals surface area (Å²) in [6, 6.07) is 18.8. The van der Waals surface area contributed by atoms with E-state index in [0.29, 0.717) is 5.78 Å². The van der Waals surface area contributed by atoms with Gasteiger partial charge in [0.05, 0.1) is 5.92 Å². The number of ketones is 1. The quantitative estimate of drug-likeness (QED) is 0.657. The molecule has 0 saturated carbocycles. The smallest absolute Gasteiger partial charge is 0.151 e. The number of fused-ring (bicyclic) bond motifs is 1. The Balaban J connectivity index is 2.11. The Morgan fingerprint density at radius 3 is 2.46 bits per heavy atom. The van der Waals surface area contributed by atoms with Gasteiger partial charge in [-0.1, -0.05) is 75.2 Å². The van der Waals surface area contributed by atoms with E-state index in [4.69, 9.17) is 0 Å². The van der Waals surface area contributed by atoms with Crippen molar-refractivity contribution in [2.45, 2.75) is 50.3 Å². The molecule has 1 unspecified atom stereocenters. The number of unbranched alkanes of at least 4 members (excludes halogenated alkanes) is 1. The van der Waals surface area contributed by atoms with Crippen molar-refractivity contribution in [3.8, 4) is 0 Å². The van der Waals surface area contributed by atoms with Crippen LogP contribution in [0.4, 0.5) is 0 Å². The molecule has 2 aromatic carbocycles. The summed E-state index contributed by atoms with van der Waals surface area (Å²) in [5.74, 6) is 1.19. The van der Waals surface area contributed by atoms with Crippen molar-refractivity contribution >= 4 is 17.5 Å². The van der Waals surface area contributed by atoms with Crippen molar-refractivity contribution in [2.24, 2.45) is 5.41 Å². The molecule has 0 bridgehead atoms. The molecule has 2 atom stereocenters. The minimum Gasteiger partial charge on any atom is -0.298 e. The lowest BCUT2D eigenvalue weighted by molar-refractivity contribution is -0.128. The lowest BCUT2D eigenvalue weighted by Crippen LogP contribution is -2.36. The summed E-state index contributed by atoms with van der Waals surface area (Å²) in [7, 11) is 0. The molecule has 126 valence electrons. The second-order valence-corrected chi connectivity index (χ2v) is 7.79. The SMILES string of the molecule is CCCC[C@]1(CC)CSc2ccccc2C(c2ccccc2)C1=O. The van der Waals surface area contributed by atoms with Crippen molar-refractivity contribution in [2.75, 3.05) is 5.75 Å². The third kappa shape index (κ3) is 3.17. The summed E-state index contributed by atoms with van der Waals surface area (Å²) >= 11 is 1.87. The molecule has 0 fully saturated rings. The van der Waals surface area contributed by atoms with Crippen LogP contribution < -0.4 is 0 Å². The van der Waals surface area contributed by atoms with Crippen LogP contribution in [0.25, 0.3) is 0 Å². The number of thioether (sulfide) groups is 1. The van der Waals surface area contributed by atoms with E-state index in [2.05, 4.69) is 50.2 Å². The Hall–Kier alpha value is -1.54. The first-order valence-corrected chi connectivity index (χ1v) is 10.0. The Morgan fingerprint density at radius 2 is 1.75 bits per heavy atom. The van der Waals surface area contributed by atoms with Crippen LogP contribution in [-0.4, -0.2) is 11.5 Å². The Bertz CT molecular complexity index is 694. The van der Waals surface area contributed by atoms with E-state index in [1.54, 1.807) is 0 Å². The summed E-state index contributed by atoms with van der Waals surface area (Å²) in [5, 5.41) is 0. The maximum Gasteiger partial charge on any atom is 0.151 e. The zero-order valence-electron chi connectivity index (χ0n) is 14.6. The summed E-state index contributed by atoms with van der Waals surface area (Å²) in [6.07, 6.45) is 4.19. The summed E-state index contributed by atoms with van der Waals surface area (Å²) < 4.78 is 0. The van der Waals surface area contributed by atoms with Gasteiger partial charge in [0.25, 0.3) is 0 Å². The molecular weight excluding hydrogens is 312 g/mol. The molecule has 3 rings (SSSR count). The first kappa shape index (κ1) is 17.3. The predicted octanol–water partition coefficient (Wildman–Crippen LogP) is 6.08. The summed E-state index contributed by atoms with van der Waals surface area (Å²) in [4.78, 5) is 15.0. The van der Waals surface area contributed by atoms with Gasteiger partial charge in [0, 0.05) is 16.1 Å². The minimum absolute atomic E-state index is 0.130. The molecule has 1 nitrogen and oxygen atoms in total. The fraction of sp³-hybridized carbons (Fsp3) is 0.409. The van der Waals surface area contributed by atoms with E-state index in [0.717, 1.165) is 37.0 Å². The fourth-order valence-electron chi connectivity index (χ4n) is 3.72. The van der Waals surface area contributed by atoms with Crippen molar-refractivity contribution in [3.05, 3.63) is 65.7 Å². The molecule has 1 aliphatic rings. The van der Waals surface area contributed by atoms with Gasteiger partial charge in [-0.2, -0.15) is 0 Å². The molecular formula is C22H26OS. The van der Waals surface area contributed by atoms with Gasteiger partial charge in [-0.05, 0) is 30.0 Å². The van der Waals surface area contributed by atoms with Crippen molar-refractivity contribution < 1.29 is 4.79 Å². The molecule has 0 saturated heterocycles. The number of benzene rings is 2. The second-order valence-electron chi connectivity index (χ2n) is 6.77. The maximum atomic E-state index is 13.8. The molecule has 2 heteroatoms. The molecule has 0 amide bonds. The average Bonchev–Trinajstić information content (AvgIpc) is 2.76. The second kappa shape index (κ2) is 7.57. The fourth-order valence-corrected chi connectivity index (χ4v) is 5.17. The lowest BCUT2D eigenvalue weighted by Gasteiger charge is -2.32. The van der Waals surface area contributed by atoms with Crippen LogP contribution in [-0.2, 0) is 4.79 Å². The van der Waals surface area contributed by atoms with E-state index in [1.807, 2.05) is 30.0 Å². The number of hydrogen-bond acceptors (Lipinski definition) is 2. The third-order valence-electron chi connectivity index (χ3n) is 5.34. The number of hydrogen-bond donors (Lipinski definition) is 0.